The van der Waals surface area contributed by atoms with Gasteiger partial charge in [-0.2, -0.15) is 5.26 Å². The Balaban J connectivity index is 1.77. The molecule has 4 nitrogen and oxygen atoms in total. The van der Waals surface area contributed by atoms with Crippen LogP contribution in [0.15, 0.2) is 42.7 Å². The molecule has 0 fully saturated rings. The lowest BCUT2D eigenvalue weighted by Gasteiger charge is -2.04. The van der Waals surface area contributed by atoms with Crippen molar-refractivity contribution in [3.63, 3.8) is 0 Å². The first kappa shape index (κ1) is 12.2. The minimum absolute atomic E-state index is 0.457. The summed E-state index contributed by atoms with van der Waals surface area (Å²) in [7, 11) is 0. The predicted molar refractivity (Wildman–Crippen MR) is 68.6 cm³/mol. The van der Waals surface area contributed by atoms with Crippen molar-refractivity contribution in [2.45, 2.75) is 13.0 Å². The Labute approximate surface area is 106 Å². The second kappa shape index (κ2) is 6.48. The first-order valence-electron chi connectivity index (χ1n) is 5.84. The quantitative estimate of drug-likeness (QED) is 0.805. The molecule has 0 saturated carbocycles. The summed E-state index contributed by atoms with van der Waals surface area (Å²) in [5, 5.41) is 12.1. The third-order valence-corrected chi connectivity index (χ3v) is 2.55. The second-order valence-corrected chi connectivity index (χ2v) is 3.91. The fourth-order valence-electron chi connectivity index (χ4n) is 1.64. The van der Waals surface area contributed by atoms with E-state index < -0.39 is 0 Å². The first-order valence-corrected chi connectivity index (χ1v) is 5.84. The van der Waals surface area contributed by atoms with Gasteiger partial charge in [-0.05, 0) is 29.8 Å². The van der Waals surface area contributed by atoms with E-state index in [2.05, 4.69) is 15.3 Å². The van der Waals surface area contributed by atoms with Crippen LogP contribution in [-0.4, -0.2) is 16.5 Å². The predicted octanol–water partition coefficient (Wildman–Crippen LogP) is 1.68. The minimum Gasteiger partial charge on any atom is -0.312 e. The molecule has 1 N–H and O–H groups in total. The van der Waals surface area contributed by atoms with Gasteiger partial charge in [0.1, 0.15) is 11.8 Å². The van der Waals surface area contributed by atoms with Gasteiger partial charge in [-0.15, -0.1) is 0 Å². The van der Waals surface area contributed by atoms with E-state index in [4.69, 9.17) is 5.26 Å². The number of nitrogens with zero attached hydrogens (tertiary/aromatic N) is 3. The van der Waals surface area contributed by atoms with E-state index in [1.54, 1.807) is 18.5 Å². The minimum atomic E-state index is 0.457. The Morgan fingerprint density at radius 1 is 1.17 bits per heavy atom. The molecule has 0 aliphatic carbocycles. The first-order chi connectivity index (χ1) is 8.88. The van der Waals surface area contributed by atoms with Gasteiger partial charge >= 0.3 is 0 Å². The Bertz CT molecular complexity index is 531. The molecule has 0 spiro atoms. The monoisotopic (exact) mass is 238 g/mol. The maximum atomic E-state index is 8.74. The molecule has 18 heavy (non-hydrogen) atoms. The van der Waals surface area contributed by atoms with E-state index in [-0.39, 0.29) is 0 Å². The summed E-state index contributed by atoms with van der Waals surface area (Å²) in [6.45, 7) is 1.60. The lowest BCUT2D eigenvalue weighted by atomic mass is 10.2. The maximum Gasteiger partial charge on any atom is 0.140 e. The molecule has 2 heterocycles. The van der Waals surface area contributed by atoms with Crippen LogP contribution >= 0.6 is 0 Å². The lowest BCUT2D eigenvalue weighted by molar-refractivity contribution is 0.679. The third-order valence-electron chi connectivity index (χ3n) is 2.55. The zero-order chi connectivity index (χ0) is 12.6. The Kier molecular flexibility index (Phi) is 4.39. The standard InChI is InChI=1S/C14H14N4/c15-10-14-9-12(4-8-18-14)11-16-7-5-13-3-1-2-6-17-13/h1-4,6,8-9,16H,5,7,11H2. The van der Waals surface area contributed by atoms with Crippen molar-refractivity contribution in [2.24, 2.45) is 0 Å². The molecule has 0 unspecified atom stereocenters. The molecule has 0 saturated heterocycles. The average Bonchev–Trinajstić information content (AvgIpc) is 2.45. The van der Waals surface area contributed by atoms with Crippen LogP contribution in [0.1, 0.15) is 17.0 Å². The van der Waals surface area contributed by atoms with Gasteiger partial charge in [-0.1, -0.05) is 6.07 Å². The van der Waals surface area contributed by atoms with Gasteiger partial charge in [0.2, 0.25) is 0 Å². The second-order valence-electron chi connectivity index (χ2n) is 3.91. The van der Waals surface area contributed by atoms with Crippen LogP contribution in [0.4, 0.5) is 0 Å². The van der Waals surface area contributed by atoms with E-state index in [1.165, 1.54) is 0 Å². The smallest absolute Gasteiger partial charge is 0.140 e. The van der Waals surface area contributed by atoms with Gasteiger partial charge in [0.25, 0.3) is 0 Å². The van der Waals surface area contributed by atoms with E-state index in [0.29, 0.717) is 5.69 Å². The molecule has 0 aliphatic heterocycles. The highest BCUT2D eigenvalue weighted by atomic mass is 14.9. The Morgan fingerprint density at radius 3 is 2.89 bits per heavy atom. The van der Waals surface area contributed by atoms with Crippen LogP contribution in [0.5, 0.6) is 0 Å². The zero-order valence-corrected chi connectivity index (χ0v) is 10.0. The fourth-order valence-corrected chi connectivity index (χ4v) is 1.64. The van der Waals surface area contributed by atoms with Crippen molar-refractivity contribution in [3.8, 4) is 6.07 Å². The number of nitriles is 1. The fraction of sp³-hybridized carbons (Fsp3) is 0.214. The zero-order valence-electron chi connectivity index (χ0n) is 10.0. The van der Waals surface area contributed by atoms with Crippen molar-refractivity contribution in [1.29, 1.82) is 5.26 Å². The lowest BCUT2D eigenvalue weighted by Crippen LogP contribution is -2.17. The van der Waals surface area contributed by atoms with Crippen molar-refractivity contribution in [1.82, 2.24) is 15.3 Å². The molecule has 0 aliphatic rings. The van der Waals surface area contributed by atoms with Crippen molar-refractivity contribution in [2.75, 3.05) is 6.54 Å². The van der Waals surface area contributed by atoms with Gasteiger partial charge in [0.05, 0.1) is 0 Å². The summed E-state index contributed by atoms with van der Waals surface area (Å²) < 4.78 is 0. The average molecular weight is 238 g/mol. The summed E-state index contributed by atoms with van der Waals surface area (Å²) in [5.41, 5.74) is 2.61. The molecular formula is C14H14N4. The Morgan fingerprint density at radius 2 is 2.11 bits per heavy atom. The van der Waals surface area contributed by atoms with Crippen LogP contribution in [-0.2, 0) is 13.0 Å². The molecule has 0 atom stereocenters. The van der Waals surface area contributed by atoms with Crippen molar-refractivity contribution >= 4 is 0 Å². The number of nitrogens with one attached hydrogen (secondary N) is 1. The molecule has 0 bridgehead atoms. The summed E-state index contributed by atoms with van der Waals surface area (Å²) in [5.74, 6) is 0. The third kappa shape index (κ3) is 3.65. The molecule has 0 radical (unpaired) electrons. The Hall–Kier alpha value is -2.25. The van der Waals surface area contributed by atoms with Gasteiger partial charge in [0, 0.05) is 37.6 Å². The summed E-state index contributed by atoms with van der Waals surface area (Å²) >= 11 is 0. The molecule has 4 heteroatoms. The van der Waals surface area contributed by atoms with Crippen molar-refractivity contribution in [3.05, 3.63) is 59.7 Å². The van der Waals surface area contributed by atoms with Crippen LogP contribution in [0, 0.1) is 11.3 Å². The summed E-state index contributed by atoms with van der Waals surface area (Å²) in [4.78, 5) is 8.19. The SMILES string of the molecule is N#Cc1cc(CNCCc2ccccn2)ccn1. The van der Waals surface area contributed by atoms with Crippen LogP contribution in [0.3, 0.4) is 0 Å². The van der Waals surface area contributed by atoms with Crippen molar-refractivity contribution < 1.29 is 0 Å². The van der Waals surface area contributed by atoms with E-state index in [1.807, 2.05) is 30.3 Å². The number of pyridine rings is 2. The molecule has 90 valence electrons. The van der Waals surface area contributed by atoms with E-state index in [0.717, 1.165) is 30.8 Å². The molecule has 0 amide bonds. The number of aromatic nitrogens is 2. The summed E-state index contributed by atoms with van der Waals surface area (Å²) in [6, 6.07) is 11.7. The molecule has 2 rings (SSSR count). The highest BCUT2D eigenvalue weighted by molar-refractivity contribution is 5.25. The van der Waals surface area contributed by atoms with Gasteiger partial charge in [-0.3, -0.25) is 4.98 Å². The molecule has 0 aromatic carbocycles. The summed E-state index contributed by atoms with van der Waals surface area (Å²) in [6.07, 6.45) is 4.36. The molecular weight excluding hydrogens is 224 g/mol. The van der Waals surface area contributed by atoms with Gasteiger partial charge in [0.15, 0.2) is 0 Å². The van der Waals surface area contributed by atoms with Gasteiger partial charge < -0.3 is 5.32 Å². The largest absolute Gasteiger partial charge is 0.312 e. The highest BCUT2D eigenvalue weighted by Crippen LogP contribution is 2.00. The molecule has 2 aromatic rings. The maximum absolute atomic E-state index is 8.74. The van der Waals surface area contributed by atoms with Crippen LogP contribution < -0.4 is 5.32 Å². The number of hydrogen-bond acceptors (Lipinski definition) is 4. The van der Waals surface area contributed by atoms with E-state index >= 15 is 0 Å². The number of rotatable bonds is 5. The molecule has 2 aromatic heterocycles. The van der Waals surface area contributed by atoms with E-state index in [9.17, 15) is 0 Å². The van der Waals surface area contributed by atoms with Gasteiger partial charge in [-0.25, -0.2) is 4.98 Å². The highest BCUT2D eigenvalue weighted by Gasteiger charge is 1.97. The normalized spacial score (nSPS) is 9.94. The topological polar surface area (TPSA) is 61.6 Å². The van der Waals surface area contributed by atoms with Crippen LogP contribution in [0.25, 0.3) is 0 Å². The number of hydrogen-bond donors (Lipinski definition) is 1. The van der Waals surface area contributed by atoms with Crippen LogP contribution in [0.2, 0.25) is 0 Å².